The largest absolute Gasteiger partial charge is 0.336 e. The molecule has 0 aliphatic carbocycles. The molecule has 5 heteroatoms. The minimum Gasteiger partial charge on any atom is -0.336 e. The van der Waals surface area contributed by atoms with Crippen LogP contribution in [0.3, 0.4) is 0 Å². The van der Waals surface area contributed by atoms with E-state index >= 15 is 0 Å². The second-order valence-electron chi connectivity index (χ2n) is 5.34. The second-order valence-corrected chi connectivity index (χ2v) is 6.50. The molecule has 18 heavy (non-hydrogen) atoms. The molecule has 4 nitrogen and oxygen atoms in total. The van der Waals surface area contributed by atoms with Gasteiger partial charge in [0.05, 0.1) is 15.9 Å². The number of nitrogens with one attached hydrogen (secondary N) is 1. The van der Waals surface area contributed by atoms with Gasteiger partial charge in [0, 0.05) is 12.5 Å². The first-order valence-corrected chi connectivity index (χ1v) is 7.59. The first-order valence-electron chi connectivity index (χ1n) is 6.51. The van der Waals surface area contributed by atoms with Gasteiger partial charge in [-0.05, 0) is 41.4 Å². The number of H-pyrrole nitrogens is 1. The third-order valence-electron chi connectivity index (χ3n) is 3.81. The molecule has 1 N–H and O–H groups in total. The van der Waals surface area contributed by atoms with Crippen LogP contribution in [0.4, 0.5) is 0 Å². The Morgan fingerprint density at radius 1 is 1.56 bits per heavy atom. The zero-order valence-electron chi connectivity index (χ0n) is 11.1. The third kappa shape index (κ3) is 2.70. The predicted octanol–water partition coefficient (Wildman–Crippen LogP) is 2.97. The minimum atomic E-state index is 0.0830. The molecule has 1 aromatic heterocycles. The molecule has 1 fully saturated rings. The van der Waals surface area contributed by atoms with Gasteiger partial charge in [0.2, 0.25) is 5.91 Å². The fourth-order valence-electron chi connectivity index (χ4n) is 2.34. The molecule has 0 unspecified atom stereocenters. The number of nitrogens with zero attached hydrogens (tertiary/aromatic N) is 2. The SMILES string of the molecule is CC(C)[C@H](C)C(=O)N1CCC[C@H]1c1ncc(I)[nH]1. The quantitative estimate of drug-likeness (QED) is 0.842. The van der Waals surface area contributed by atoms with Crippen LogP contribution < -0.4 is 0 Å². The summed E-state index contributed by atoms with van der Waals surface area (Å²) in [4.78, 5) is 22.1. The van der Waals surface area contributed by atoms with Gasteiger partial charge >= 0.3 is 0 Å². The molecule has 0 spiro atoms. The molecule has 0 aromatic carbocycles. The number of hydrogen-bond acceptors (Lipinski definition) is 2. The van der Waals surface area contributed by atoms with Gasteiger partial charge in [0.25, 0.3) is 0 Å². The molecule has 1 amide bonds. The van der Waals surface area contributed by atoms with Gasteiger partial charge in [0.1, 0.15) is 5.82 Å². The third-order valence-corrected chi connectivity index (χ3v) is 4.35. The van der Waals surface area contributed by atoms with Crippen LogP contribution in [0.1, 0.15) is 45.5 Å². The van der Waals surface area contributed by atoms with E-state index in [-0.39, 0.29) is 17.9 Å². The molecule has 1 aliphatic rings. The van der Waals surface area contributed by atoms with Crippen LogP contribution in [-0.2, 0) is 4.79 Å². The molecule has 2 atom stereocenters. The van der Waals surface area contributed by atoms with E-state index in [2.05, 4.69) is 46.4 Å². The van der Waals surface area contributed by atoms with Crippen LogP contribution in [0.5, 0.6) is 0 Å². The monoisotopic (exact) mass is 361 g/mol. The van der Waals surface area contributed by atoms with Crippen molar-refractivity contribution in [1.29, 1.82) is 0 Å². The van der Waals surface area contributed by atoms with Crippen molar-refractivity contribution in [3.05, 3.63) is 15.7 Å². The van der Waals surface area contributed by atoms with Gasteiger partial charge in [-0.1, -0.05) is 20.8 Å². The zero-order valence-corrected chi connectivity index (χ0v) is 13.3. The number of aromatic amines is 1. The summed E-state index contributed by atoms with van der Waals surface area (Å²) in [6.45, 7) is 7.08. The second kappa shape index (κ2) is 5.59. The molecule has 0 bridgehead atoms. The highest BCUT2D eigenvalue weighted by molar-refractivity contribution is 14.1. The van der Waals surface area contributed by atoms with E-state index in [0.29, 0.717) is 5.92 Å². The summed E-state index contributed by atoms with van der Waals surface area (Å²) in [5, 5.41) is 0. The molecule has 0 saturated carbocycles. The summed E-state index contributed by atoms with van der Waals surface area (Å²) in [5.74, 6) is 1.66. The summed E-state index contributed by atoms with van der Waals surface area (Å²) < 4.78 is 1.03. The van der Waals surface area contributed by atoms with E-state index < -0.39 is 0 Å². The Kier molecular flexibility index (Phi) is 4.29. The lowest BCUT2D eigenvalue weighted by atomic mass is 9.96. The van der Waals surface area contributed by atoms with Crippen LogP contribution in [0.15, 0.2) is 6.20 Å². The van der Waals surface area contributed by atoms with E-state index in [9.17, 15) is 4.79 Å². The average Bonchev–Trinajstić information content (AvgIpc) is 2.94. The Bertz CT molecular complexity index is 430. The number of hydrogen-bond donors (Lipinski definition) is 1. The summed E-state index contributed by atoms with van der Waals surface area (Å²) in [6.07, 6.45) is 3.90. The van der Waals surface area contributed by atoms with Crippen LogP contribution in [0.2, 0.25) is 0 Å². The Morgan fingerprint density at radius 2 is 2.28 bits per heavy atom. The van der Waals surface area contributed by atoms with E-state index in [1.54, 1.807) is 0 Å². The maximum absolute atomic E-state index is 12.5. The minimum absolute atomic E-state index is 0.0830. The lowest BCUT2D eigenvalue weighted by Crippen LogP contribution is -2.36. The molecule has 1 aliphatic heterocycles. The van der Waals surface area contributed by atoms with Crippen LogP contribution in [-0.4, -0.2) is 27.3 Å². The number of amides is 1. The maximum atomic E-state index is 12.5. The number of likely N-dealkylation sites (tertiary alicyclic amines) is 1. The maximum Gasteiger partial charge on any atom is 0.226 e. The summed E-state index contributed by atoms with van der Waals surface area (Å²) >= 11 is 2.21. The molecule has 2 rings (SSSR count). The van der Waals surface area contributed by atoms with Gasteiger partial charge in [-0.25, -0.2) is 4.98 Å². The Morgan fingerprint density at radius 3 is 2.83 bits per heavy atom. The highest BCUT2D eigenvalue weighted by Gasteiger charge is 2.34. The van der Waals surface area contributed by atoms with Crippen molar-refractivity contribution < 1.29 is 4.79 Å². The van der Waals surface area contributed by atoms with Crippen molar-refractivity contribution in [2.45, 2.75) is 39.7 Å². The van der Waals surface area contributed by atoms with Crippen molar-refractivity contribution in [3.63, 3.8) is 0 Å². The topological polar surface area (TPSA) is 49.0 Å². The first-order chi connectivity index (χ1) is 8.50. The predicted molar refractivity (Wildman–Crippen MR) is 79.0 cm³/mol. The molecule has 0 radical (unpaired) electrons. The smallest absolute Gasteiger partial charge is 0.226 e. The van der Waals surface area contributed by atoms with E-state index in [4.69, 9.17) is 0 Å². The number of rotatable bonds is 3. The number of halogens is 1. The molecule has 1 aromatic rings. The van der Waals surface area contributed by atoms with E-state index in [0.717, 1.165) is 28.9 Å². The fraction of sp³-hybridized carbons (Fsp3) is 0.692. The lowest BCUT2D eigenvalue weighted by Gasteiger charge is -2.27. The molecule has 100 valence electrons. The number of imidazole rings is 1. The van der Waals surface area contributed by atoms with Crippen molar-refractivity contribution >= 4 is 28.5 Å². The summed E-state index contributed by atoms with van der Waals surface area (Å²) in [7, 11) is 0. The van der Waals surface area contributed by atoms with Crippen molar-refractivity contribution in [2.24, 2.45) is 11.8 Å². The van der Waals surface area contributed by atoms with Crippen LogP contribution in [0, 0.1) is 15.5 Å². The van der Waals surface area contributed by atoms with Crippen LogP contribution in [0.25, 0.3) is 0 Å². The number of carbonyl (C=O) groups excluding carboxylic acids is 1. The van der Waals surface area contributed by atoms with Crippen molar-refractivity contribution in [2.75, 3.05) is 6.54 Å². The Labute approximate surface area is 122 Å². The molecular weight excluding hydrogens is 341 g/mol. The molecular formula is C13H20IN3O. The zero-order chi connectivity index (χ0) is 13.3. The lowest BCUT2D eigenvalue weighted by molar-refractivity contribution is -0.137. The van der Waals surface area contributed by atoms with Crippen molar-refractivity contribution in [1.82, 2.24) is 14.9 Å². The van der Waals surface area contributed by atoms with E-state index in [1.165, 1.54) is 0 Å². The van der Waals surface area contributed by atoms with Gasteiger partial charge in [-0.3, -0.25) is 4.79 Å². The first kappa shape index (κ1) is 13.8. The highest BCUT2D eigenvalue weighted by Crippen LogP contribution is 2.32. The summed E-state index contributed by atoms with van der Waals surface area (Å²) in [5.41, 5.74) is 0. The Balaban J connectivity index is 2.15. The highest BCUT2D eigenvalue weighted by atomic mass is 127. The van der Waals surface area contributed by atoms with Gasteiger partial charge < -0.3 is 9.88 Å². The van der Waals surface area contributed by atoms with Gasteiger partial charge in [-0.15, -0.1) is 0 Å². The molecule has 2 heterocycles. The normalized spacial score (nSPS) is 21.6. The number of carbonyl (C=O) groups is 1. The Hall–Kier alpha value is -0.590. The fourth-order valence-corrected chi connectivity index (χ4v) is 2.76. The van der Waals surface area contributed by atoms with Crippen LogP contribution >= 0.6 is 22.6 Å². The van der Waals surface area contributed by atoms with Gasteiger partial charge in [-0.2, -0.15) is 0 Å². The standard InChI is InChI=1S/C13H20IN3O/c1-8(2)9(3)13(18)17-6-4-5-10(17)12-15-7-11(14)16-12/h7-10H,4-6H2,1-3H3,(H,15,16)/t9-,10-/m0/s1. The summed E-state index contributed by atoms with van der Waals surface area (Å²) in [6, 6.07) is 0.141. The number of aromatic nitrogens is 2. The molecule has 1 saturated heterocycles. The van der Waals surface area contributed by atoms with Gasteiger partial charge in [0.15, 0.2) is 0 Å². The van der Waals surface area contributed by atoms with Crippen molar-refractivity contribution in [3.8, 4) is 0 Å². The van der Waals surface area contributed by atoms with E-state index in [1.807, 2.05) is 18.0 Å². The average molecular weight is 361 g/mol.